The van der Waals surface area contributed by atoms with E-state index in [4.69, 9.17) is 21.1 Å². The van der Waals surface area contributed by atoms with Gasteiger partial charge in [0.2, 0.25) is 0 Å². The molecule has 4 nitrogen and oxygen atoms in total. The zero-order valence-electron chi connectivity index (χ0n) is 9.17. The standard InChI is InChI=1S/C10H20ClNO3/c1-3-14-4-5-15-8-10(13)7-12-6-9(2)11/h10,12-13H,2-8H2,1H3. The Morgan fingerprint density at radius 2 is 2.13 bits per heavy atom. The lowest BCUT2D eigenvalue weighted by atomic mass is 10.4. The second kappa shape index (κ2) is 10.4. The fraction of sp³-hybridized carbons (Fsp3) is 0.800. The number of hydrogen-bond donors (Lipinski definition) is 2. The lowest BCUT2D eigenvalue weighted by Crippen LogP contribution is -2.31. The molecule has 1 atom stereocenters. The molecule has 5 heteroatoms. The zero-order chi connectivity index (χ0) is 11.5. The molecule has 0 aliphatic carbocycles. The van der Waals surface area contributed by atoms with Crippen molar-refractivity contribution < 1.29 is 14.6 Å². The summed E-state index contributed by atoms with van der Waals surface area (Å²) in [6.07, 6.45) is -0.525. The van der Waals surface area contributed by atoms with Crippen LogP contribution in [0.2, 0.25) is 0 Å². The molecule has 0 fully saturated rings. The topological polar surface area (TPSA) is 50.7 Å². The van der Waals surface area contributed by atoms with E-state index in [2.05, 4.69) is 11.9 Å². The van der Waals surface area contributed by atoms with E-state index in [9.17, 15) is 5.11 Å². The Morgan fingerprint density at radius 3 is 2.73 bits per heavy atom. The fourth-order valence-corrected chi connectivity index (χ4v) is 1.01. The van der Waals surface area contributed by atoms with E-state index in [0.717, 1.165) is 0 Å². The van der Waals surface area contributed by atoms with Crippen molar-refractivity contribution in [3.05, 3.63) is 11.6 Å². The van der Waals surface area contributed by atoms with Gasteiger partial charge in [-0.05, 0) is 6.92 Å². The van der Waals surface area contributed by atoms with Crippen LogP contribution in [0, 0.1) is 0 Å². The van der Waals surface area contributed by atoms with Crippen molar-refractivity contribution in [2.75, 3.05) is 39.5 Å². The summed E-state index contributed by atoms with van der Waals surface area (Å²) in [4.78, 5) is 0. The molecular weight excluding hydrogens is 218 g/mol. The fourth-order valence-electron chi connectivity index (χ4n) is 0.915. The average Bonchev–Trinajstić information content (AvgIpc) is 2.17. The van der Waals surface area contributed by atoms with E-state index in [1.165, 1.54) is 0 Å². The van der Waals surface area contributed by atoms with Crippen LogP contribution in [0.4, 0.5) is 0 Å². The van der Waals surface area contributed by atoms with Gasteiger partial charge in [-0.1, -0.05) is 18.2 Å². The van der Waals surface area contributed by atoms with E-state index >= 15 is 0 Å². The number of aliphatic hydroxyl groups is 1. The Morgan fingerprint density at radius 1 is 1.47 bits per heavy atom. The first-order valence-electron chi connectivity index (χ1n) is 5.04. The Hall–Kier alpha value is -0.130. The van der Waals surface area contributed by atoms with E-state index in [0.29, 0.717) is 44.5 Å². The average molecular weight is 238 g/mol. The summed E-state index contributed by atoms with van der Waals surface area (Å²) in [5, 5.41) is 12.9. The third-order valence-corrected chi connectivity index (χ3v) is 1.72. The maximum Gasteiger partial charge on any atom is 0.0897 e. The Bertz CT molecular complexity index is 167. The lowest BCUT2D eigenvalue weighted by Gasteiger charge is -2.11. The summed E-state index contributed by atoms with van der Waals surface area (Å²) in [5.41, 5.74) is 0. The van der Waals surface area contributed by atoms with Crippen molar-refractivity contribution in [3.8, 4) is 0 Å². The van der Waals surface area contributed by atoms with Crippen molar-refractivity contribution in [2.24, 2.45) is 0 Å². The molecule has 0 aromatic heterocycles. The molecule has 0 saturated carbocycles. The van der Waals surface area contributed by atoms with Gasteiger partial charge in [-0.15, -0.1) is 0 Å². The smallest absolute Gasteiger partial charge is 0.0897 e. The molecule has 0 heterocycles. The molecule has 90 valence electrons. The van der Waals surface area contributed by atoms with Crippen molar-refractivity contribution in [2.45, 2.75) is 13.0 Å². The first kappa shape index (κ1) is 14.9. The number of aliphatic hydroxyl groups excluding tert-OH is 1. The normalized spacial score (nSPS) is 12.7. The van der Waals surface area contributed by atoms with Crippen LogP contribution in [-0.4, -0.2) is 50.7 Å². The predicted octanol–water partition coefficient (Wildman–Crippen LogP) is 0.742. The van der Waals surface area contributed by atoms with Crippen LogP contribution in [0.25, 0.3) is 0 Å². The Labute approximate surface area is 96.2 Å². The van der Waals surface area contributed by atoms with Gasteiger partial charge in [0.25, 0.3) is 0 Å². The summed E-state index contributed by atoms with van der Waals surface area (Å²) in [6.45, 7) is 8.45. The van der Waals surface area contributed by atoms with Gasteiger partial charge in [0.15, 0.2) is 0 Å². The van der Waals surface area contributed by atoms with Gasteiger partial charge in [-0.2, -0.15) is 0 Å². The lowest BCUT2D eigenvalue weighted by molar-refractivity contribution is 0.00677. The van der Waals surface area contributed by atoms with E-state index in [1.807, 2.05) is 6.92 Å². The molecule has 0 bridgehead atoms. The zero-order valence-corrected chi connectivity index (χ0v) is 9.92. The molecule has 0 aliphatic heterocycles. The minimum Gasteiger partial charge on any atom is -0.389 e. The summed E-state index contributed by atoms with van der Waals surface area (Å²) in [7, 11) is 0. The third kappa shape index (κ3) is 11.8. The highest BCUT2D eigenvalue weighted by Gasteiger charge is 2.03. The van der Waals surface area contributed by atoms with Gasteiger partial charge in [0.1, 0.15) is 0 Å². The van der Waals surface area contributed by atoms with Gasteiger partial charge >= 0.3 is 0 Å². The quantitative estimate of drug-likeness (QED) is 0.551. The number of rotatable bonds is 10. The van der Waals surface area contributed by atoms with Crippen LogP contribution >= 0.6 is 11.6 Å². The van der Waals surface area contributed by atoms with Crippen molar-refractivity contribution in [1.82, 2.24) is 5.32 Å². The van der Waals surface area contributed by atoms with Gasteiger partial charge < -0.3 is 19.9 Å². The summed E-state index contributed by atoms with van der Waals surface area (Å²) in [6, 6.07) is 0. The summed E-state index contributed by atoms with van der Waals surface area (Å²) in [5.74, 6) is 0. The highest BCUT2D eigenvalue weighted by molar-refractivity contribution is 6.29. The molecule has 1 unspecified atom stereocenters. The van der Waals surface area contributed by atoms with Crippen molar-refractivity contribution >= 4 is 11.6 Å². The van der Waals surface area contributed by atoms with Gasteiger partial charge in [-0.3, -0.25) is 0 Å². The highest BCUT2D eigenvalue weighted by Crippen LogP contribution is 1.92. The largest absolute Gasteiger partial charge is 0.389 e. The third-order valence-electron chi connectivity index (χ3n) is 1.58. The molecular formula is C10H20ClNO3. The second-order valence-electron chi connectivity index (χ2n) is 3.07. The van der Waals surface area contributed by atoms with Crippen LogP contribution in [0.5, 0.6) is 0 Å². The maximum atomic E-state index is 9.42. The van der Waals surface area contributed by atoms with Gasteiger partial charge in [-0.25, -0.2) is 0 Å². The predicted molar refractivity (Wildman–Crippen MR) is 61.2 cm³/mol. The number of nitrogens with one attached hydrogen (secondary N) is 1. The molecule has 0 amide bonds. The maximum absolute atomic E-state index is 9.42. The first-order chi connectivity index (χ1) is 7.16. The molecule has 2 N–H and O–H groups in total. The summed E-state index contributed by atoms with van der Waals surface area (Å²) >= 11 is 5.54. The number of halogens is 1. The molecule has 0 spiro atoms. The second-order valence-corrected chi connectivity index (χ2v) is 3.61. The Kier molecular flexibility index (Phi) is 10.3. The molecule has 0 aliphatic rings. The number of hydrogen-bond acceptors (Lipinski definition) is 4. The monoisotopic (exact) mass is 237 g/mol. The molecule has 0 rings (SSSR count). The molecule has 0 saturated heterocycles. The number of ether oxygens (including phenoxy) is 2. The summed E-state index contributed by atoms with van der Waals surface area (Å²) < 4.78 is 10.3. The SMILES string of the molecule is C=C(Cl)CNCC(O)COCCOCC. The van der Waals surface area contributed by atoms with Crippen LogP contribution in [0.15, 0.2) is 11.6 Å². The van der Waals surface area contributed by atoms with E-state index < -0.39 is 6.10 Å². The first-order valence-corrected chi connectivity index (χ1v) is 5.42. The van der Waals surface area contributed by atoms with Crippen LogP contribution in [0.1, 0.15) is 6.92 Å². The van der Waals surface area contributed by atoms with Gasteiger partial charge in [0, 0.05) is 24.7 Å². The minimum atomic E-state index is -0.525. The van der Waals surface area contributed by atoms with Gasteiger partial charge in [0.05, 0.1) is 25.9 Å². The van der Waals surface area contributed by atoms with Crippen LogP contribution in [-0.2, 0) is 9.47 Å². The van der Waals surface area contributed by atoms with Crippen molar-refractivity contribution in [1.29, 1.82) is 0 Å². The molecule has 15 heavy (non-hydrogen) atoms. The van der Waals surface area contributed by atoms with E-state index in [1.54, 1.807) is 0 Å². The van der Waals surface area contributed by atoms with E-state index in [-0.39, 0.29) is 0 Å². The van der Waals surface area contributed by atoms with Crippen LogP contribution in [0.3, 0.4) is 0 Å². The van der Waals surface area contributed by atoms with Crippen LogP contribution < -0.4 is 5.32 Å². The Balaban J connectivity index is 3.18. The van der Waals surface area contributed by atoms with Crippen molar-refractivity contribution in [3.63, 3.8) is 0 Å². The molecule has 0 aromatic carbocycles. The molecule has 0 aromatic rings. The minimum absolute atomic E-state index is 0.300. The highest BCUT2D eigenvalue weighted by atomic mass is 35.5. The molecule has 0 radical (unpaired) electrons.